The first-order valence-electron chi connectivity index (χ1n) is 15.5. The lowest BCUT2D eigenvalue weighted by molar-refractivity contribution is -0.277. The van der Waals surface area contributed by atoms with Crippen LogP contribution >= 0.6 is 11.6 Å². The summed E-state index contributed by atoms with van der Waals surface area (Å²) in [5.74, 6) is -0.0203. The first-order chi connectivity index (χ1) is 22.1. The second-order valence-electron chi connectivity index (χ2n) is 12.2. The molecule has 0 aliphatic carbocycles. The molecule has 46 heavy (non-hydrogen) atoms. The van der Waals surface area contributed by atoms with Crippen molar-refractivity contribution >= 4 is 27.3 Å². The van der Waals surface area contributed by atoms with E-state index in [-0.39, 0.29) is 29.6 Å². The fourth-order valence-corrected chi connectivity index (χ4v) is 7.50. The molecule has 2 aliphatic rings. The monoisotopic (exact) mass is 662 g/mol. The molecule has 0 radical (unpaired) electrons. The summed E-state index contributed by atoms with van der Waals surface area (Å²) in [6, 6.07) is 30.5. The van der Waals surface area contributed by atoms with E-state index in [0.29, 0.717) is 48.7 Å². The highest BCUT2D eigenvalue weighted by atomic mass is 35.5. The first-order valence-corrected chi connectivity index (χ1v) is 17.4. The van der Waals surface area contributed by atoms with Gasteiger partial charge in [0.2, 0.25) is 0 Å². The van der Waals surface area contributed by atoms with Gasteiger partial charge in [-0.25, -0.2) is 8.42 Å². The standard InChI is InChI=1S/C36H39ClN2O6S/c1-25-33(23-39-20-18-36(41,19-21-39)29-14-16-30(37)17-15-29)44-35(45-34(25)27-12-10-26(24-40)11-13-27)28-6-5-7-31(22-28)38-46(42,43)32-8-3-2-4-9-32/h2-17,22,25,33-35,38,40-41H,18-21,23-24H2,1H3/t25-,33+,34+,35+/m1/s1. The molecule has 0 spiro atoms. The molecule has 242 valence electrons. The van der Waals surface area contributed by atoms with Crippen molar-refractivity contribution in [1.29, 1.82) is 0 Å². The Morgan fingerprint density at radius 2 is 1.59 bits per heavy atom. The molecule has 2 fully saturated rings. The number of hydrogen-bond acceptors (Lipinski definition) is 7. The fourth-order valence-electron chi connectivity index (χ4n) is 6.30. The average molecular weight is 663 g/mol. The largest absolute Gasteiger partial charge is 0.392 e. The van der Waals surface area contributed by atoms with Crippen molar-refractivity contribution in [2.75, 3.05) is 24.4 Å². The van der Waals surface area contributed by atoms with Crippen LogP contribution in [-0.2, 0) is 31.7 Å². The molecule has 10 heteroatoms. The van der Waals surface area contributed by atoms with Gasteiger partial charge >= 0.3 is 0 Å². The van der Waals surface area contributed by atoms with E-state index in [9.17, 15) is 18.6 Å². The van der Waals surface area contributed by atoms with Crippen molar-refractivity contribution in [2.24, 2.45) is 5.92 Å². The van der Waals surface area contributed by atoms with Crippen LogP contribution < -0.4 is 4.72 Å². The Bertz CT molecular complexity index is 1710. The molecule has 4 aromatic rings. The number of nitrogens with one attached hydrogen (secondary N) is 1. The van der Waals surface area contributed by atoms with E-state index in [4.69, 9.17) is 21.1 Å². The number of piperidine rings is 1. The number of ether oxygens (including phenoxy) is 2. The maximum absolute atomic E-state index is 13.0. The molecule has 6 rings (SSSR count). The minimum Gasteiger partial charge on any atom is -0.392 e. The molecule has 0 saturated carbocycles. The number of likely N-dealkylation sites (tertiary alicyclic amines) is 1. The zero-order valence-electron chi connectivity index (χ0n) is 25.6. The lowest BCUT2D eigenvalue weighted by Crippen LogP contribution is -2.49. The van der Waals surface area contributed by atoms with Crippen LogP contribution in [0.3, 0.4) is 0 Å². The Balaban J connectivity index is 1.22. The molecule has 0 amide bonds. The van der Waals surface area contributed by atoms with Crippen LogP contribution in [0, 0.1) is 5.92 Å². The van der Waals surface area contributed by atoms with Gasteiger partial charge in [-0.3, -0.25) is 4.72 Å². The van der Waals surface area contributed by atoms with Crippen molar-refractivity contribution in [3.63, 3.8) is 0 Å². The summed E-state index contributed by atoms with van der Waals surface area (Å²) in [7, 11) is -3.78. The summed E-state index contributed by atoms with van der Waals surface area (Å²) in [6.45, 7) is 4.11. The van der Waals surface area contributed by atoms with Crippen LogP contribution in [0.4, 0.5) is 5.69 Å². The van der Waals surface area contributed by atoms with E-state index in [1.165, 1.54) is 0 Å². The summed E-state index contributed by atoms with van der Waals surface area (Å²) in [6.07, 6.45) is -0.0957. The Labute approximate surface area is 275 Å². The Morgan fingerprint density at radius 3 is 2.26 bits per heavy atom. The molecule has 0 bridgehead atoms. The van der Waals surface area contributed by atoms with Crippen LogP contribution in [0.1, 0.15) is 54.4 Å². The highest BCUT2D eigenvalue weighted by Gasteiger charge is 2.41. The van der Waals surface area contributed by atoms with Gasteiger partial charge in [-0.05, 0) is 65.9 Å². The molecule has 2 saturated heterocycles. The number of aliphatic hydroxyl groups excluding tert-OH is 1. The molecule has 3 N–H and O–H groups in total. The third kappa shape index (κ3) is 7.31. The number of hydrogen-bond donors (Lipinski definition) is 3. The van der Waals surface area contributed by atoms with Gasteiger partial charge in [-0.2, -0.15) is 0 Å². The van der Waals surface area contributed by atoms with Gasteiger partial charge in [0.25, 0.3) is 10.0 Å². The van der Waals surface area contributed by atoms with E-state index in [2.05, 4.69) is 16.5 Å². The number of rotatable bonds is 9. The predicted octanol–water partition coefficient (Wildman–Crippen LogP) is 6.41. The third-order valence-electron chi connectivity index (χ3n) is 9.09. The van der Waals surface area contributed by atoms with E-state index in [1.807, 2.05) is 54.6 Å². The van der Waals surface area contributed by atoms with Crippen molar-refractivity contribution < 1.29 is 28.1 Å². The normalized spacial score (nSPS) is 23.6. The van der Waals surface area contributed by atoms with Gasteiger partial charge in [0, 0.05) is 41.8 Å². The lowest BCUT2D eigenvalue weighted by Gasteiger charge is -2.45. The lowest BCUT2D eigenvalue weighted by atomic mass is 9.84. The van der Waals surface area contributed by atoms with E-state index < -0.39 is 21.9 Å². The summed E-state index contributed by atoms with van der Waals surface area (Å²) < 4.78 is 42.0. The van der Waals surface area contributed by atoms with Crippen LogP contribution in [-0.4, -0.2) is 49.3 Å². The van der Waals surface area contributed by atoms with Gasteiger partial charge in [0.15, 0.2) is 6.29 Å². The molecule has 0 unspecified atom stereocenters. The van der Waals surface area contributed by atoms with E-state index in [1.54, 1.807) is 48.5 Å². The average Bonchev–Trinajstić information content (AvgIpc) is 3.07. The Morgan fingerprint density at radius 1 is 0.891 bits per heavy atom. The Kier molecular flexibility index (Phi) is 9.82. The zero-order chi connectivity index (χ0) is 32.3. The number of aliphatic hydroxyl groups is 2. The number of sulfonamides is 1. The highest BCUT2D eigenvalue weighted by Crippen LogP contribution is 2.43. The summed E-state index contributed by atoms with van der Waals surface area (Å²) >= 11 is 6.08. The topological polar surface area (TPSA) is 108 Å². The van der Waals surface area contributed by atoms with Crippen molar-refractivity contribution in [2.45, 2.75) is 55.4 Å². The smallest absolute Gasteiger partial charge is 0.261 e. The van der Waals surface area contributed by atoms with Crippen LogP contribution in [0.25, 0.3) is 0 Å². The third-order valence-corrected chi connectivity index (χ3v) is 10.7. The second-order valence-corrected chi connectivity index (χ2v) is 14.3. The van der Waals surface area contributed by atoms with Crippen LogP contribution in [0.2, 0.25) is 5.02 Å². The summed E-state index contributed by atoms with van der Waals surface area (Å²) in [4.78, 5) is 2.50. The van der Waals surface area contributed by atoms with Gasteiger partial charge in [0.1, 0.15) is 0 Å². The fraction of sp³-hybridized carbons (Fsp3) is 0.333. The number of halogens is 1. The van der Waals surface area contributed by atoms with Crippen molar-refractivity contribution in [1.82, 2.24) is 4.90 Å². The van der Waals surface area contributed by atoms with Gasteiger partial charge < -0.3 is 24.6 Å². The highest BCUT2D eigenvalue weighted by molar-refractivity contribution is 7.92. The minimum atomic E-state index is -3.78. The predicted molar refractivity (Wildman–Crippen MR) is 178 cm³/mol. The minimum absolute atomic E-state index is 0.0203. The van der Waals surface area contributed by atoms with E-state index >= 15 is 0 Å². The molecule has 2 heterocycles. The maximum Gasteiger partial charge on any atom is 0.261 e. The zero-order valence-corrected chi connectivity index (χ0v) is 27.2. The second kappa shape index (κ2) is 13.8. The molecule has 0 aromatic heterocycles. The SMILES string of the molecule is C[C@@H]1[C@H](CN2CCC(O)(c3ccc(Cl)cc3)CC2)O[C@H](c2cccc(NS(=O)(=O)c3ccccc3)c2)O[C@@H]1c1ccc(CO)cc1. The van der Waals surface area contributed by atoms with Gasteiger partial charge in [-0.15, -0.1) is 0 Å². The molecule has 4 atom stereocenters. The summed E-state index contributed by atoms with van der Waals surface area (Å²) in [5.41, 5.74) is 2.86. The van der Waals surface area contributed by atoms with Crippen LogP contribution in [0.5, 0.6) is 0 Å². The maximum atomic E-state index is 13.0. The molecule has 2 aliphatic heterocycles. The molecule has 4 aromatic carbocycles. The van der Waals surface area contributed by atoms with E-state index in [0.717, 1.165) is 16.7 Å². The van der Waals surface area contributed by atoms with Crippen molar-refractivity contribution in [3.8, 4) is 0 Å². The number of benzene rings is 4. The van der Waals surface area contributed by atoms with Crippen LogP contribution in [0.15, 0.2) is 108 Å². The molecular weight excluding hydrogens is 624 g/mol. The number of nitrogens with zero attached hydrogens (tertiary/aromatic N) is 1. The molecular formula is C36H39ClN2O6S. The van der Waals surface area contributed by atoms with Crippen molar-refractivity contribution in [3.05, 3.63) is 130 Å². The quantitative estimate of drug-likeness (QED) is 0.190. The molecule has 8 nitrogen and oxygen atoms in total. The first kappa shape index (κ1) is 32.7. The Hall–Kier alpha value is -3.28. The van der Waals surface area contributed by atoms with Gasteiger partial charge in [-0.1, -0.05) is 85.3 Å². The number of anilines is 1. The van der Waals surface area contributed by atoms with Gasteiger partial charge in [0.05, 0.1) is 29.3 Å². The summed E-state index contributed by atoms with van der Waals surface area (Å²) in [5, 5.41) is 21.6.